The predicted molar refractivity (Wildman–Crippen MR) is 165 cm³/mol. The first-order valence-electron chi connectivity index (χ1n) is 14.2. The number of thiazole rings is 1. The van der Waals surface area contributed by atoms with Crippen molar-refractivity contribution in [2.45, 2.75) is 33.4 Å². The van der Waals surface area contributed by atoms with Crippen LogP contribution in [-0.4, -0.2) is 58.1 Å². The molecule has 44 heavy (non-hydrogen) atoms. The van der Waals surface area contributed by atoms with Gasteiger partial charge in [0.1, 0.15) is 16.5 Å². The molecular weight excluding hydrogens is 615 g/mol. The Bertz CT molecular complexity index is 1710. The first-order chi connectivity index (χ1) is 21.0. The zero-order valence-electron chi connectivity index (χ0n) is 24.4. The summed E-state index contributed by atoms with van der Waals surface area (Å²) in [4.78, 5) is 38.5. The summed E-state index contributed by atoms with van der Waals surface area (Å²) in [5.41, 5.74) is 0.762. The van der Waals surface area contributed by atoms with Crippen molar-refractivity contribution in [3.8, 4) is 33.3 Å². The van der Waals surface area contributed by atoms with Crippen LogP contribution in [0.25, 0.3) is 27.5 Å². The second kappa shape index (κ2) is 13.1. The topological polar surface area (TPSA) is 89.3 Å². The molecule has 13 heteroatoms. The maximum Gasteiger partial charge on any atom is 0.433 e. The first kappa shape index (κ1) is 31.7. The molecule has 4 heterocycles. The van der Waals surface area contributed by atoms with Crippen molar-refractivity contribution in [3.63, 3.8) is 0 Å². The third kappa shape index (κ3) is 6.67. The van der Waals surface area contributed by atoms with Gasteiger partial charge in [0.05, 0.1) is 29.1 Å². The number of pyridine rings is 2. The number of hydrogen-bond acceptors (Lipinski definition) is 7. The third-order valence-electron chi connectivity index (χ3n) is 7.09. The number of rotatable bonds is 8. The third-order valence-corrected chi connectivity index (χ3v) is 8.20. The largest absolute Gasteiger partial charge is 0.492 e. The molecule has 0 saturated carbocycles. The Morgan fingerprint density at radius 1 is 1.16 bits per heavy atom. The van der Waals surface area contributed by atoms with E-state index in [-0.39, 0.29) is 17.4 Å². The van der Waals surface area contributed by atoms with Gasteiger partial charge in [-0.15, -0.1) is 11.3 Å². The molecule has 5 rings (SSSR count). The number of benzene rings is 1. The molecule has 0 atom stereocenters. The van der Waals surface area contributed by atoms with Crippen molar-refractivity contribution >= 4 is 28.8 Å². The molecule has 232 valence electrons. The molecule has 0 unspecified atom stereocenters. The van der Waals surface area contributed by atoms with Crippen molar-refractivity contribution in [1.29, 1.82) is 0 Å². The number of aromatic nitrogens is 3. The lowest BCUT2D eigenvalue weighted by atomic mass is 9.99. The highest BCUT2D eigenvalue weighted by Crippen LogP contribution is 2.34. The number of carbonyl (C=O) groups excluding carboxylic acids is 1. The summed E-state index contributed by atoms with van der Waals surface area (Å²) in [5, 5.41) is 5.60. The Hall–Kier alpha value is -3.74. The maximum absolute atomic E-state index is 14.5. The molecule has 8 nitrogen and oxygen atoms in total. The minimum atomic E-state index is -4.57. The summed E-state index contributed by atoms with van der Waals surface area (Å²) in [6.07, 6.45) is -3.05. The predicted octanol–water partition coefficient (Wildman–Crippen LogP) is 6.34. The van der Waals surface area contributed by atoms with Gasteiger partial charge in [-0.05, 0) is 55.7 Å². The second-order valence-corrected chi connectivity index (χ2v) is 12.0. The normalized spacial score (nSPS) is 13.9. The number of piperazine rings is 1. The molecule has 1 aliphatic heterocycles. The van der Waals surface area contributed by atoms with E-state index in [9.17, 15) is 22.8 Å². The Labute approximate surface area is 261 Å². The quantitative estimate of drug-likeness (QED) is 0.241. The first-order valence-corrected chi connectivity index (χ1v) is 15.4. The summed E-state index contributed by atoms with van der Waals surface area (Å²) in [6.45, 7) is 8.51. The highest BCUT2D eigenvalue weighted by molar-refractivity contribution is 7.13. The molecule has 0 bridgehead atoms. The van der Waals surface area contributed by atoms with Gasteiger partial charge in [0.25, 0.3) is 11.5 Å². The molecule has 3 aromatic heterocycles. The lowest BCUT2D eigenvalue weighted by Gasteiger charge is -2.29. The van der Waals surface area contributed by atoms with Gasteiger partial charge in [-0.2, -0.15) is 13.2 Å². The van der Waals surface area contributed by atoms with Crippen LogP contribution < -0.4 is 15.6 Å². The molecule has 1 N–H and O–H groups in total. The smallest absolute Gasteiger partial charge is 0.433 e. The van der Waals surface area contributed by atoms with Crippen molar-refractivity contribution < 1.29 is 22.7 Å². The van der Waals surface area contributed by atoms with Crippen LogP contribution >= 0.6 is 22.9 Å². The van der Waals surface area contributed by atoms with Gasteiger partial charge < -0.3 is 15.0 Å². The van der Waals surface area contributed by atoms with E-state index < -0.39 is 17.4 Å². The van der Waals surface area contributed by atoms with Crippen LogP contribution in [0.3, 0.4) is 0 Å². The fourth-order valence-corrected chi connectivity index (χ4v) is 6.06. The summed E-state index contributed by atoms with van der Waals surface area (Å²) in [6, 6.07) is 8.78. The lowest BCUT2D eigenvalue weighted by molar-refractivity contribution is -0.141. The monoisotopic (exact) mass is 645 g/mol. The molecule has 0 aliphatic carbocycles. The molecule has 1 amide bonds. The van der Waals surface area contributed by atoms with E-state index in [1.165, 1.54) is 10.6 Å². The van der Waals surface area contributed by atoms with Gasteiger partial charge in [0.15, 0.2) is 0 Å². The van der Waals surface area contributed by atoms with E-state index in [4.69, 9.17) is 16.3 Å². The fourth-order valence-electron chi connectivity index (χ4n) is 5.06. The van der Waals surface area contributed by atoms with E-state index in [0.717, 1.165) is 23.6 Å². The summed E-state index contributed by atoms with van der Waals surface area (Å²) in [7, 11) is 0. The van der Waals surface area contributed by atoms with Crippen molar-refractivity contribution in [3.05, 3.63) is 80.3 Å². The van der Waals surface area contributed by atoms with Gasteiger partial charge in [-0.25, -0.2) is 4.98 Å². The number of nitrogens with one attached hydrogen (secondary N) is 1. The standard InChI is InChI=1S/C31H31ClF3N5O3S/c1-4-43-26-7-6-20(32)14-25(26)40-24(13-18(2)3)21(29(41)39-11-9-36-10-12-39)15-22(30(40)42)28-38-23(17-44-28)19-5-8-27(37-16-19)31(33,34)35/h5-8,14-18,36H,4,9-13H2,1-3H3. The highest BCUT2D eigenvalue weighted by Gasteiger charge is 2.32. The number of amides is 1. The van der Waals surface area contributed by atoms with E-state index in [1.807, 2.05) is 20.8 Å². The Kier molecular flexibility index (Phi) is 9.42. The Balaban J connectivity index is 1.73. The number of hydrogen-bond donors (Lipinski definition) is 1. The zero-order chi connectivity index (χ0) is 31.6. The number of ether oxygens (including phenoxy) is 1. The minimum Gasteiger partial charge on any atom is -0.492 e. The SMILES string of the molecule is CCOc1ccc(Cl)cc1-n1c(CC(C)C)c(C(=O)N2CCNCC2)cc(-c2nc(-c3ccc(C(F)(F)F)nc3)cs2)c1=O. The maximum atomic E-state index is 14.5. The summed E-state index contributed by atoms with van der Waals surface area (Å²) < 4.78 is 46.6. The number of carbonyl (C=O) groups is 1. The molecule has 0 spiro atoms. The highest BCUT2D eigenvalue weighted by atomic mass is 35.5. The zero-order valence-corrected chi connectivity index (χ0v) is 25.9. The summed E-state index contributed by atoms with van der Waals surface area (Å²) >= 11 is 7.58. The number of nitrogens with zero attached hydrogens (tertiary/aromatic N) is 4. The number of alkyl halides is 3. The van der Waals surface area contributed by atoms with E-state index in [0.29, 0.717) is 83.2 Å². The summed E-state index contributed by atoms with van der Waals surface area (Å²) in [5.74, 6) is 0.313. The van der Waals surface area contributed by atoms with Crippen LogP contribution in [-0.2, 0) is 12.6 Å². The van der Waals surface area contributed by atoms with Crippen molar-refractivity contribution in [2.75, 3.05) is 32.8 Å². The Morgan fingerprint density at radius 2 is 1.91 bits per heavy atom. The fraction of sp³-hybridized carbons (Fsp3) is 0.355. The molecular formula is C31H31ClF3N5O3S. The Morgan fingerprint density at radius 3 is 2.55 bits per heavy atom. The van der Waals surface area contributed by atoms with Crippen LogP contribution in [0.5, 0.6) is 5.75 Å². The molecule has 0 radical (unpaired) electrons. The van der Waals surface area contributed by atoms with Gasteiger partial charge in [0, 0.05) is 54.0 Å². The van der Waals surface area contributed by atoms with E-state index in [2.05, 4.69) is 15.3 Å². The van der Waals surface area contributed by atoms with Gasteiger partial charge >= 0.3 is 6.18 Å². The van der Waals surface area contributed by atoms with Gasteiger partial charge in [-0.1, -0.05) is 25.4 Å². The molecule has 1 saturated heterocycles. The van der Waals surface area contributed by atoms with Crippen LogP contribution in [0, 0.1) is 5.92 Å². The van der Waals surface area contributed by atoms with E-state index >= 15 is 0 Å². The van der Waals surface area contributed by atoms with Crippen molar-refractivity contribution in [2.24, 2.45) is 5.92 Å². The average Bonchev–Trinajstić information content (AvgIpc) is 3.48. The van der Waals surface area contributed by atoms with Crippen LogP contribution in [0.1, 0.15) is 42.5 Å². The van der Waals surface area contributed by atoms with Crippen molar-refractivity contribution in [1.82, 2.24) is 24.8 Å². The molecule has 1 aliphatic rings. The average molecular weight is 646 g/mol. The molecule has 1 aromatic carbocycles. The number of halogens is 4. The minimum absolute atomic E-state index is 0.0921. The van der Waals surface area contributed by atoms with Crippen LogP contribution in [0.2, 0.25) is 5.02 Å². The van der Waals surface area contributed by atoms with Crippen LogP contribution in [0.4, 0.5) is 13.2 Å². The molecule has 4 aromatic rings. The van der Waals surface area contributed by atoms with E-state index in [1.54, 1.807) is 34.5 Å². The van der Waals surface area contributed by atoms with Gasteiger partial charge in [-0.3, -0.25) is 19.1 Å². The lowest BCUT2D eigenvalue weighted by Crippen LogP contribution is -2.47. The molecule has 1 fully saturated rings. The van der Waals surface area contributed by atoms with Crippen LogP contribution in [0.15, 0.2) is 52.8 Å². The van der Waals surface area contributed by atoms with Gasteiger partial charge in [0.2, 0.25) is 0 Å². The second-order valence-electron chi connectivity index (χ2n) is 10.7.